The molecule has 1 heterocycles. The maximum atomic E-state index is 12.1. The molecule has 0 spiro atoms. The van der Waals surface area contributed by atoms with Crippen molar-refractivity contribution in [1.29, 1.82) is 5.41 Å². The quantitative estimate of drug-likeness (QED) is 0.148. The normalized spacial score (nSPS) is 12.5. The fraction of sp³-hybridized carbons (Fsp3) is 0.414. The van der Waals surface area contributed by atoms with Crippen molar-refractivity contribution in [3.63, 3.8) is 0 Å². The lowest BCUT2D eigenvalue weighted by atomic mass is 10.0. The SMILES string of the molecule is C=C(N)/C(C=N)=C(\N=C(/C)CCc1ccc(OCCOCCC)c(C)c1)NCc1ccncc1N(C)S(C)(=O)=O. The first-order valence-corrected chi connectivity index (χ1v) is 15.0. The highest BCUT2D eigenvalue weighted by atomic mass is 32.2. The van der Waals surface area contributed by atoms with Gasteiger partial charge in [-0.3, -0.25) is 9.29 Å². The van der Waals surface area contributed by atoms with Gasteiger partial charge in [-0.1, -0.05) is 25.6 Å². The molecule has 0 aliphatic rings. The maximum Gasteiger partial charge on any atom is 0.232 e. The minimum absolute atomic E-state index is 0.198. The van der Waals surface area contributed by atoms with Crippen molar-refractivity contribution < 1.29 is 17.9 Å². The molecule has 0 fully saturated rings. The third-order valence-electron chi connectivity index (χ3n) is 6.07. The average molecular weight is 571 g/mol. The first kappa shape index (κ1) is 32.5. The number of hydrogen-bond acceptors (Lipinski definition) is 9. The molecule has 218 valence electrons. The highest BCUT2D eigenvalue weighted by molar-refractivity contribution is 7.92. The minimum atomic E-state index is -3.48. The molecule has 0 saturated heterocycles. The summed E-state index contributed by atoms with van der Waals surface area (Å²) in [6, 6.07) is 7.87. The van der Waals surface area contributed by atoms with Crippen LogP contribution >= 0.6 is 0 Å². The van der Waals surface area contributed by atoms with E-state index >= 15 is 0 Å². The number of aromatic nitrogens is 1. The van der Waals surface area contributed by atoms with Gasteiger partial charge < -0.3 is 25.9 Å². The van der Waals surface area contributed by atoms with Gasteiger partial charge in [-0.25, -0.2) is 13.4 Å². The summed E-state index contributed by atoms with van der Waals surface area (Å²) in [5.41, 5.74) is 10.7. The summed E-state index contributed by atoms with van der Waals surface area (Å²) in [5.74, 6) is 1.23. The molecule has 0 aliphatic heterocycles. The number of ether oxygens (including phenoxy) is 2. The third kappa shape index (κ3) is 10.1. The van der Waals surface area contributed by atoms with Crippen LogP contribution in [0.25, 0.3) is 0 Å². The van der Waals surface area contributed by atoms with Crippen LogP contribution in [0.2, 0.25) is 0 Å². The molecule has 10 nitrogen and oxygen atoms in total. The van der Waals surface area contributed by atoms with Gasteiger partial charge >= 0.3 is 0 Å². The summed E-state index contributed by atoms with van der Waals surface area (Å²) in [6.45, 7) is 11.8. The van der Waals surface area contributed by atoms with Crippen molar-refractivity contribution in [3.8, 4) is 5.75 Å². The molecule has 0 unspecified atom stereocenters. The van der Waals surface area contributed by atoms with Crippen molar-refractivity contribution in [1.82, 2.24) is 10.3 Å². The number of benzene rings is 1. The predicted octanol–water partition coefficient (Wildman–Crippen LogP) is 4.11. The number of nitrogens with one attached hydrogen (secondary N) is 2. The van der Waals surface area contributed by atoms with Crippen LogP contribution in [0.4, 0.5) is 5.69 Å². The topological polar surface area (TPSA) is 143 Å². The van der Waals surface area contributed by atoms with E-state index in [2.05, 4.69) is 29.9 Å². The Morgan fingerprint density at radius 2 is 2.02 bits per heavy atom. The molecular formula is C29H42N6O4S. The second kappa shape index (κ2) is 15.8. The molecule has 2 rings (SSSR count). The summed E-state index contributed by atoms with van der Waals surface area (Å²) in [4.78, 5) is 8.80. The molecule has 4 N–H and O–H groups in total. The van der Waals surface area contributed by atoms with E-state index in [9.17, 15) is 8.42 Å². The van der Waals surface area contributed by atoms with Gasteiger partial charge in [-0.05, 0) is 61.9 Å². The molecule has 11 heteroatoms. The van der Waals surface area contributed by atoms with Crippen LogP contribution in [0.5, 0.6) is 5.75 Å². The van der Waals surface area contributed by atoms with Gasteiger partial charge in [0.1, 0.15) is 18.2 Å². The zero-order chi connectivity index (χ0) is 29.7. The number of rotatable bonds is 17. The first-order valence-electron chi connectivity index (χ1n) is 13.1. The van der Waals surface area contributed by atoms with Gasteiger partial charge in [0, 0.05) is 44.0 Å². The summed E-state index contributed by atoms with van der Waals surface area (Å²) >= 11 is 0. The smallest absolute Gasteiger partial charge is 0.232 e. The van der Waals surface area contributed by atoms with E-state index < -0.39 is 10.0 Å². The van der Waals surface area contributed by atoms with Gasteiger partial charge in [0.2, 0.25) is 10.0 Å². The molecule has 0 aliphatic carbocycles. The number of nitrogens with zero attached hydrogens (tertiary/aromatic N) is 3. The number of nitrogens with two attached hydrogens (primary N) is 1. The number of pyridine rings is 1. The Morgan fingerprint density at radius 1 is 1.27 bits per heavy atom. The van der Waals surface area contributed by atoms with Crippen LogP contribution < -0.4 is 20.1 Å². The highest BCUT2D eigenvalue weighted by Crippen LogP contribution is 2.22. The molecule has 1 aromatic carbocycles. The number of allylic oxidation sites excluding steroid dienone is 1. The van der Waals surface area contributed by atoms with Gasteiger partial charge in [0.15, 0.2) is 0 Å². The summed E-state index contributed by atoms with van der Waals surface area (Å²) in [6.07, 6.45) is 7.75. The monoisotopic (exact) mass is 570 g/mol. The molecule has 0 bridgehead atoms. The lowest BCUT2D eigenvalue weighted by molar-refractivity contribution is 0.100. The van der Waals surface area contributed by atoms with Gasteiger partial charge in [0.25, 0.3) is 0 Å². The van der Waals surface area contributed by atoms with Crippen molar-refractivity contribution >= 4 is 27.6 Å². The fourth-order valence-electron chi connectivity index (χ4n) is 3.77. The number of aryl methyl sites for hydroxylation is 2. The number of hydrogen-bond donors (Lipinski definition) is 3. The molecule has 0 amide bonds. The maximum absolute atomic E-state index is 12.1. The Bertz CT molecular complexity index is 1340. The zero-order valence-corrected chi connectivity index (χ0v) is 25.0. The lowest BCUT2D eigenvalue weighted by Gasteiger charge is -2.20. The minimum Gasteiger partial charge on any atom is -0.491 e. The van der Waals surface area contributed by atoms with E-state index in [0.29, 0.717) is 42.3 Å². The van der Waals surface area contributed by atoms with Crippen molar-refractivity contribution in [2.75, 3.05) is 37.4 Å². The number of aliphatic imine (C=N–C) groups is 1. The van der Waals surface area contributed by atoms with E-state index in [4.69, 9.17) is 25.6 Å². The van der Waals surface area contributed by atoms with Crippen LogP contribution in [-0.2, 0) is 27.7 Å². The third-order valence-corrected chi connectivity index (χ3v) is 7.26. The first-order chi connectivity index (χ1) is 19.0. The van der Waals surface area contributed by atoms with Crippen LogP contribution in [0.1, 0.15) is 43.4 Å². The van der Waals surface area contributed by atoms with Crippen LogP contribution in [0.3, 0.4) is 0 Å². The lowest BCUT2D eigenvalue weighted by Crippen LogP contribution is -2.27. The number of sulfonamides is 1. The van der Waals surface area contributed by atoms with Gasteiger partial charge in [-0.2, -0.15) is 0 Å². The molecule has 0 radical (unpaired) electrons. The van der Waals surface area contributed by atoms with Crippen molar-refractivity contribution in [2.24, 2.45) is 10.7 Å². The van der Waals surface area contributed by atoms with Crippen molar-refractivity contribution in [2.45, 2.75) is 46.6 Å². The Balaban J connectivity index is 2.15. The standard InChI is InChI=1S/C29H42N6O4S/c1-7-14-38-15-16-39-28-11-10-24(17-21(28)2)9-8-22(3)34-29(26(18-30)23(4)31)33-19-25-12-13-32-20-27(25)35(5)40(6,36)37/h10-13,17-18,20,30,33H,4,7-9,14-16,19,31H2,1-3,5-6H3/b29-26-,30-18?,34-22+. The zero-order valence-electron chi connectivity index (χ0n) is 24.2. The molecule has 2 aromatic rings. The second-order valence-corrected chi connectivity index (χ2v) is 11.4. The Kier molecular flexibility index (Phi) is 12.8. The Labute approximate surface area is 238 Å². The van der Waals surface area contributed by atoms with Gasteiger partial charge in [0.05, 0.1) is 30.3 Å². The van der Waals surface area contributed by atoms with Crippen LogP contribution in [0.15, 0.2) is 65.3 Å². The second-order valence-electron chi connectivity index (χ2n) is 9.43. The predicted molar refractivity (Wildman–Crippen MR) is 163 cm³/mol. The highest BCUT2D eigenvalue weighted by Gasteiger charge is 2.16. The van der Waals surface area contributed by atoms with Crippen LogP contribution in [0, 0.1) is 12.3 Å². The number of anilines is 1. The van der Waals surface area contributed by atoms with E-state index in [-0.39, 0.29) is 12.2 Å². The van der Waals surface area contributed by atoms with E-state index in [1.807, 2.05) is 26.0 Å². The van der Waals surface area contributed by atoms with E-state index in [1.54, 1.807) is 12.3 Å². The molecular weight excluding hydrogens is 528 g/mol. The van der Waals surface area contributed by atoms with E-state index in [0.717, 1.165) is 54.5 Å². The average Bonchev–Trinajstić information content (AvgIpc) is 2.90. The fourth-order valence-corrected chi connectivity index (χ4v) is 4.29. The summed E-state index contributed by atoms with van der Waals surface area (Å²) in [7, 11) is -2.00. The Morgan fingerprint density at radius 3 is 2.65 bits per heavy atom. The van der Waals surface area contributed by atoms with Crippen molar-refractivity contribution in [3.05, 3.63) is 77.0 Å². The Hall–Kier alpha value is -3.70. The molecule has 0 atom stereocenters. The van der Waals surface area contributed by atoms with Gasteiger partial charge in [-0.15, -0.1) is 0 Å². The van der Waals surface area contributed by atoms with Crippen LogP contribution in [-0.4, -0.2) is 58.5 Å². The molecule has 0 saturated carbocycles. The summed E-state index contributed by atoms with van der Waals surface area (Å²) in [5, 5.41) is 11.1. The largest absolute Gasteiger partial charge is 0.491 e. The molecule has 40 heavy (non-hydrogen) atoms. The van der Waals surface area contributed by atoms with E-state index in [1.165, 1.54) is 17.5 Å². The molecule has 1 aromatic heterocycles. The summed E-state index contributed by atoms with van der Waals surface area (Å²) < 4.78 is 36.7.